The second-order valence-corrected chi connectivity index (χ2v) is 5.86. The van der Waals surface area contributed by atoms with E-state index in [2.05, 4.69) is 15.8 Å². The lowest BCUT2D eigenvalue weighted by molar-refractivity contribution is 0.629. The smallest absolute Gasteiger partial charge is 0.127 e. The van der Waals surface area contributed by atoms with E-state index in [0.717, 1.165) is 30.1 Å². The predicted octanol–water partition coefficient (Wildman–Crippen LogP) is 4.23. The van der Waals surface area contributed by atoms with Gasteiger partial charge in [0.15, 0.2) is 0 Å². The number of aromatic nitrogens is 2. The Labute approximate surface area is 116 Å². The molecule has 1 heterocycles. The number of fused-ring (bicyclic) bond motifs is 1. The van der Waals surface area contributed by atoms with E-state index in [-0.39, 0.29) is 11.2 Å². The summed E-state index contributed by atoms with van der Waals surface area (Å²) in [6, 6.07) is 4.71. The summed E-state index contributed by atoms with van der Waals surface area (Å²) in [5.41, 5.74) is 1.64. The minimum Gasteiger partial charge on any atom is -0.327 e. The van der Waals surface area contributed by atoms with Crippen molar-refractivity contribution in [2.24, 2.45) is 0 Å². The fraction of sp³-hybridized carbons (Fsp3) is 0.462. The summed E-state index contributed by atoms with van der Waals surface area (Å²) in [6.07, 6.45) is 3.15. The first-order valence-electron chi connectivity index (χ1n) is 5.92. The van der Waals surface area contributed by atoms with Crippen LogP contribution < -0.4 is 0 Å². The zero-order valence-electron chi connectivity index (χ0n) is 10.5. The van der Waals surface area contributed by atoms with Gasteiger partial charge in [-0.1, -0.05) is 0 Å². The third-order valence-electron chi connectivity index (χ3n) is 2.83. The van der Waals surface area contributed by atoms with Crippen LogP contribution in [0.5, 0.6) is 0 Å². The third-order valence-corrected chi connectivity index (χ3v) is 3.72. The topological polar surface area (TPSA) is 17.8 Å². The first-order valence-corrected chi connectivity index (χ1v) is 7.75. The van der Waals surface area contributed by atoms with Gasteiger partial charge in [0.25, 0.3) is 0 Å². The largest absolute Gasteiger partial charge is 0.327 e. The molecule has 1 atom stereocenters. The van der Waals surface area contributed by atoms with E-state index in [1.54, 1.807) is 6.07 Å². The van der Waals surface area contributed by atoms with Crippen molar-refractivity contribution >= 4 is 34.4 Å². The Hall–Kier alpha value is -0.740. The highest BCUT2D eigenvalue weighted by Gasteiger charge is 2.14. The van der Waals surface area contributed by atoms with Gasteiger partial charge >= 0.3 is 0 Å². The maximum Gasteiger partial charge on any atom is 0.127 e. The minimum absolute atomic E-state index is 0.172. The van der Waals surface area contributed by atoms with Crippen molar-refractivity contribution in [1.29, 1.82) is 0 Å². The average Bonchev–Trinajstić information content (AvgIpc) is 2.68. The molecule has 0 N–H and O–H groups in total. The van der Waals surface area contributed by atoms with Gasteiger partial charge < -0.3 is 4.57 Å². The van der Waals surface area contributed by atoms with Crippen LogP contribution in [-0.4, -0.2) is 21.6 Å². The number of imidazole rings is 1. The number of thioether (sulfide) groups is 1. The molecule has 0 spiro atoms. The monoisotopic (exact) mass is 286 g/mol. The van der Waals surface area contributed by atoms with Crippen molar-refractivity contribution in [2.45, 2.75) is 25.3 Å². The molecule has 2 rings (SSSR count). The molecule has 0 bridgehead atoms. The van der Waals surface area contributed by atoms with Crippen LogP contribution in [0.1, 0.15) is 24.5 Å². The molecule has 1 aromatic carbocycles. The van der Waals surface area contributed by atoms with Gasteiger partial charge in [-0.25, -0.2) is 9.37 Å². The molecule has 0 amide bonds. The predicted molar refractivity (Wildman–Crippen MR) is 77.0 cm³/mol. The van der Waals surface area contributed by atoms with Crippen LogP contribution in [-0.2, 0) is 6.54 Å². The Kier molecular flexibility index (Phi) is 4.51. The minimum atomic E-state index is -0.259. The lowest BCUT2D eigenvalue weighted by Gasteiger charge is -2.09. The number of rotatable bonds is 5. The molecule has 0 fully saturated rings. The Balaban J connectivity index is 2.42. The van der Waals surface area contributed by atoms with E-state index in [4.69, 9.17) is 11.6 Å². The molecule has 2 aromatic rings. The van der Waals surface area contributed by atoms with Gasteiger partial charge in [-0.3, -0.25) is 0 Å². The number of halogens is 2. The zero-order valence-corrected chi connectivity index (χ0v) is 12.1. The standard InChI is InChI=1S/C13H16ClFN2S/c1-9(14)13-16-11-8-10(15)4-5-12(11)17(13)6-3-7-18-2/h4-5,8-9H,3,6-7H2,1-2H3. The van der Waals surface area contributed by atoms with Crippen LogP contribution in [0.3, 0.4) is 0 Å². The summed E-state index contributed by atoms with van der Waals surface area (Å²) in [6.45, 7) is 2.76. The molecule has 2 nitrogen and oxygen atoms in total. The summed E-state index contributed by atoms with van der Waals surface area (Å²) in [7, 11) is 0. The molecule has 0 radical (unpaired) electrons. The first-order chi connectivity index (χ1) is 8.63. The summed E-state index contributed by atoms with van der Waals surface area (Å²) < 4.78 is 15.3. The first kappa shape index (κ1) is 13.7. The molecule has 98 valence electrons. The molecule has 0 saturated heterocycles. The maximum atomic E-state index is 13.2. The van der Waals surface area contributed by atoms with Crippen LogP contribution in [0, 0.1) is 5.82 Å². The Morgan fingerprint density at radius 2 is 2.28 bits per heavy atom. The van der Waals surface area contributed by atoms with Crippen molar-refractivity contribution < 1.29 is 4.39 Å². The van der Waals surface area contributed by atoms with E-state index in [1.807, 2.05) is 18.7 Å². The maximum absolute atomic E-state index is 13.2. The van der Waals surface area contributed by atoms with E-state index in [9.17, 15) is 4.39 Å². The fourth-order valence-corrected chi connectivity index (χ4v) is 2.61. The number of alkyl halides is 1. The number of hydrogen-bond acceptors (Lipinski definition) is 2. The van der Waals surface area contributed by atoms with E-state index in [1.165, 1.54) is 12.1 Å². The van der Waals surface area contributed by atoms with Crippen molar-refractivity contribution in [2.75, 3.05) is 12.0 Å². The molecule has 1 unspecified atom stereocenters. The molecule has 0 aliphatic carbocycles. The molecule has 0 aliphatic rings. The summed E-state index contributed by atoms with van der Waals surface area (Å²) in [4.78, 5) is 4.44. The van der Waals surface area contributed by atoms with Crippen LogP contribution in [0.2, 0.25) is 0 Å². The molecule has 0 saturated carbocycles. The van der Waals surface area contributed by atoms with Gasteiger partial charge in [0, 0.05) is 12.6 Å². The van der Waals surface area contributed by atoms with Gasteiger partial charge in [0.05, 0.1) is 16.4 Å². The van der Waals surface area contributed by atoms with Gasteiger partial charge in [-0.05, 0) is 37.5 Å². The lowest BCUT2D eigenvalue weighted by Crippen LogP contribution is -2.05. The van der Waals surface area contributed by atoms with Gasteiger partial charge in [0.2, 0.25) is 0 Å². The highest BCUT2D eigenvalue weighted by molar-refractivity contribution is 7.98. The number of benzene rings is 1. The van der Waals surface area contributed by atoms with Crippen molar-refractivity contribution in [3.63, 3.8) is 0 Å². The average molecular weight is 287 g/mol. The second kappa shape index (κ2) is 5.93. The molecular formula is C13H16ClFN2S. The highest BCUT2D eigenvalue weighted by atomic mass is 35.5. The van der Waals surface area contributed by atoms with E-state index < -0.39 is 0 Å². The van der Waals surface area contributed by atoms with Crippen LogP contribution in [0.25, 0.3) is 11.0 Å². The number of nitrogens with zero attached hydrogens (tertiary/aromatic N) is 2. The van der Waals surface area contributed by atoms with Crippen LogP contribution in [0.15, 0.2) is 18.2 Å². The van der Waals surface area contributed by atoms with Crippen molar-refractivity contribution in [3.05, 3.63) is 29.8 Å². The Bertz CT molecular complexity index is 539. The van der Waals surface area contributed by atoms with Gasteiger partial charge in [0.1, 0.15) is 11.6 Å². The summed E-state index contributed by atoms with van der Waals surface area (Å²) in [5, 5.41) is -0.172. The SMILES string of the molecule is CSCCCn1c(C(C)Cl)nc2cc(F)ccc21. The summed E-state index contributed by atoms with van der Waals surface area (Å²) in [5.74, 6) is 1.65. The van der Waals surface area contributed by atoms with E-state index in [0.29, 0.717) is 5.52 Å². The zero-order chi connectivity index (χ0) is 13.1. The van der Waals surface area contributed by atoms with Crippen molar-refractivity contribution in [1.82, 2.24) is 9.55 Å². The van der Waals surface area contributed by atoms with Crippen LogP contribution in [0.4, 0.5) is 4.39 Å². The van der Waals surface area contributed by atoms with E-state index >= 15 is 0 Å². The fourth-order valence-electron chi connectivity index (χ4n) is 2.03. The second-order valence-electron chi connectivity index (χ2n) is 4.22. The number of hydrogen-bond donors (Lipinski definition) is 0. The normalized spacial score (nSPS) is 13.1. The van der Waals surface area contributed by atoms with Gasteiger partial charge in [-0.2, -0.15) is 11.8 Å². The molecule has 0 aliphatic heterocycles. The Morgan fingerprint density at radius 3 is 2.94 bits per heavy atom. The lowest BCUT2D eigenvalue weighted by atomic mass is 10.3. The number of aryl methyl sites for hydroxylation is 1. The van der Waals surface area contributed by atoms with Gasteiger partial charge in [-0.15, -0.1) is 11.6 Å². The summed E-state index contributed by atoms with van der Waals surface area (Å²) >= 11 is 7.97. The molecular weight excluding hydrogens is 271 g/mol. The molecule has 1 aromatic heterocycles. The van der Waals surface area contributed by atoms with Crippen LogP contribution >= 0.6 is 23.4 Å². The molecule has 18 heavy (non-hydrogen) atoms. The quantitative estimate of drug-likeness (QED) is 0.605. The highest BCUT2D eigenvalue weighted by Crippen LogP contribution is 2.25. The Morgan fingerprint density at radius 1 is 1.50 bits per heavy atom. The molecule has 5 heteroatoms. The van der Waals surface area contributed by atoms with Crippen molar-refractivity contribution in [3.8, 4) is 0 Å². The third kappa shape index (κ3) is 2.81.